The molecule has 0 saturated carbocycles. The molecule has 0 aliphatic rings. The van der Waals surface area contributed by atoms with Gasteiger partial charge in [-0.2, -0.15) is 0 Å². The second kappa shape index (κ2) is 3.69. The molecular weight excluding hydrogens is 206 g/mol. The summed E-state index contributed by atoms with van der Waals surface area (Å²) in [5.41, 5.74) is 1.92. The van der Waals surface area contributed by atoms with Gasteiger partial charge in [-0.05, 0) is 6.08 Å². The van der Waals surface area contributed by atoms with Gasteiger partial charge in [0.05, 0.1) is 0 Å². The molecule has 0 rings (SSSR count). The largest absolute Gasteiger partial charge is 0.345 e. The maximum atomic E-state index is 10.5. The summed E-state index contributed by atoms with van der Waals surface area (Å²) >= 11 is 0. The van der Waals surface area contributed by atoms with Crippen LogP contribution < -0.4 is 0 Å². The van der Waals surface area contributed by atoms with Crippen molar-refractivity contribution in [2.45, 2.75) is 5.40 Å². The van der Waals surface area contributed by atoms with Crippen LogP contribution in [0.3, 0.4) is 0 Å². The maximum Gasteiger partial charge on any atom is 0.345 e. The van der Waals surface area contributed by atoms with Crippen LogP contribution in [0.2, 0.25) is 0 Å². The highest BCUT2D eigenvalue weighted by Crippen LogP contribution is 2.60. The van der Waals surface area contributed by atoms with Crippen molar-refractivity contribution in [1.82, 2.24) is 0 Å². The molecule has 70 valence electrons. The van der Waals surface area contributed by atoms with Gasteiger partial charge in [0, 0.05) is 0 Å². The van der Waals surface area contributed by atoms with E-state index in [1.165, 1.54) is 0 Å². The van der Waals surface area contributed by atoms with Crippen LogP contribution in [-0.4, -0.2) is 25.0 Å². The lowest BCUT2D eigenvalue weighted by atomic mass is 10.7. The van der Waals surface area contributed by atoms with E-state index >= 15 is 0 Å². The molecule has 12 heavy (non-hydrogen) atoms. The molecule has 0 aliphatic carbocycles. The first-order valence-corrected chi connectivity index (χ1v) is 6.02. The van der Waals surface area contributed by atoms with Crippen LogP contribution >= 0.6 is 15.2 Å². The molecule has 0 aromatic carbocycles. The van der Waals surface area contributed by atoms with Crippen molar-refractivity contribution in [3.8, 4) is 0 Å². The standard InChI is InChI=1S/C4H8O6P2/c1-2-3-4(11(5,6)7)12(8,9)10/h3-4H,1H2,(H2,5,6,7)(H2,8,9,10). The Hall–Kier alpha value is -0.180. The fourth-order valence-electron chi connectivity index (χ4n) is 0.496. The van der Waals surface area contributed by atoms with E-state index in [0.29, 0.717) is 6.08 Å². The monoisotopic (exact) mass is 214 g/mol. The van der Waals surface area contributed by atoms with Gasteiger partial charge in [-0.25, -0.2) is 0 Å². The fourth-order valence-corrected chi connectivity index (χ4v) is 2.66. The van der Waals surface area contributed by atoms with Crippen molar-refractivity contribution >= 4 is 15.2 Å². The summed E-state index contributed by atoms with van der Waals surface area (Å²) in [4.78, 5) is 33.9. The Kier molecular flexibility index (Phi) is 3.63. The first-order valence-electron chi connectivity index (χ1n) is 2.66. The van der Waals surface area contributed by atoms with Crippen molar-refractivity contribution in [2.75, 3.05) is 0 Å². The zero-order valence-electron chi connectivity index (χ0n) is 5.86. The minimum Gasteiger partial charge on any atom is -0.324 e. The molecule has 0 radical (unpaired) electrons. The third-order valence-corrected chi connectivity index (χ3v) is 4.44. The van der Waals surface area contributed by atoms with Crippen LogP contribution in [0.15, 0.2) is 18.4 Å². The average Bonchev–Trinajstić information content (AvgIpc) is 1.77. The van der Waals surface area contributed by atoms with E-state index in [1.807, 2.05) is 5.73 Å². The SMILES string of the molecule is C=C=CC(P(=O)(O)O)P(=O)(O)O. The Balaban J connectivity index is 5.09. The van der Waals surface area contributed by atoms with Crippen LogP contribution in [-0.2, 0) is 9.13 Å². The molecule has 4 N–H and O–H groups in total. The molecule has 0 bridgehead atoms. The molecule has 0 atom stereocenters. The van der Waals surface area contributed by atoms with Crippen LogP contribution in [0.4, 0.5) is 0 Å². The van der Waals surface area contributed by atoms with Gasteiger partial charge in [0.2, 0.25) is 0 Å². The Labute approximate surface area is 68.6 Å². The average molecular weight is 214 g/mol. The third kappa shape index (κ3) is 3.48. The van der Waals surface area contributed by atoms with E-state index in [1.54, 1.807) is 0 Å². The Bertz CT molecular complexity index is 269. The van der Waals surface area contributed by atoms with Gasteiger partial charge >= 0.3 is 15.2 Å². The van der Waals surface area contributed by atoms with Gasteiger partial charge in [-0.1, -0.05) is 6.58 Å². The Morgan fingerprint density at radius 3 is 1.58 bits per heavy atom. The Morgan fingerprint density at radius 2 is 1.50 bits per heavy atom. The number of rotatable bonds is 3. The van der Waals surface area contributed by atoms with Gasteiger partial charge < -0.3 is 19.6 Å². The molecule has 0 saturated heterocycles. The lowest BCUT2D eigenvalue weighted by Crippen LogP contribution is -2.04. The summed E-state index contributed by atoms with van der Waals surface area (Å²) in [5.74, 6) is 0. The molecule has 0 spiro atoms. The van der Waals surface area contributed by atoms with Gasteiger partial charge in [-0.3, -0.25) is 9.13 Å². The van der Waals surface area contributed by atoms with Crippen LogP contribution in [0.5, 0.6) is 0 Å². The predicted molar refractivity (Wildman–Crippen MR) is 41.6 cm³/mol. The first kappa shape index (κ1) is 11.8. The van der Waals surface area contributed by atoms with E-state index in [2.05, 4.69) is 6.58 Å². The maximum absolute atomic E-state index is 10.5. The minimum atomic E-state index is -4.84. The van der Waals surface area contributed by atoms with Gasteiger partial charge in [-0.15, -0.1) is 5.73 Å². The third-order valence-electron chi connectivity index (χ3n) is 0.956. The van der Waals surface area contributed by atoms with E-state index in [-0.39, 0.29) is 0 Å². The smallest absolute Gasteiger partial charge is 0.324 e. The fraction of sp³-hybridized carbons (Fsp3) is 0.250. The normalized spacial score (nSPS) is 12.8. The molecule has 0 amide bonds. The lowest BCUT2D eigenvalue weighted by Gasteiger charge is -2.14. The molecular formula is C4H8O6P2. The summed E-state index contributed by atoms with van der Waals surface area (Å²) in [6, 6.07) is 0. The molecule has 0 fully saturated rings. The van der Waals surface area contributed by atoms with Crippen molar-refractivity contribution in [3.63, 3.8) is 0 Å². The Morgan fingerprint density at radius 1 is 1.17 bits per heavy atom. The van der Waals surface area contributed by atoms with E-state index in [0.717, 1.165) is 0 Å². The molecule has 8 heteroatoms. The van der Waals surface area contributed by atoms with Gasteiger partial charge in [0.15, 0.2) is 5.40 Å². The summed E-state index contributed by atoms with van der Waals surface area (Å²) in [5, 5.41) is -2.14. The molecule has 0 aromatic heterocycles. The van der Waals surface area contributed by atoms with Gasteiger partial charge in [0.1, 0.15) is 0 Å². The van der Waals surface area contributed by atoms with E-state index in [9.17, 15) is 9.13 Å². The van der Waals surface area contributed by atoms with E-state index in [4.69, 9.17) is 19.6 Å². The number of hydrogen-bond acceptors (Lipinski definition) is 2. The summed E-state index contributed by atoms with van der Waals surface area (Å²) < 4.78 is 20.9. The summed E-state index contributed by atoms with van der Waals surface area (Å²) in [7, 11) is -9.67. The van der Waals surface area contributed by atoms with Crippen LogP contribution in [0.1, 0.15) is 0 Å². The zero-order chi connectivity index (χ0) is 9.99. The molecule has 6 nitrogen and oxygen atoms in total. The number of allylic oxidation sites excluding steroid dienone is 1. The predicted octanol–water partition coefficient (Wildman–Crippen LogP) is 0.00900. The second-order valence-electron chi connectivity index (χ2n) is 1.96. The summed E-state index contributed by atoms with van der Waals surface area (Å²) in [6.07, 6.45) is 0.571. The van der Waals surface area contributed by atoms with Gasteiger partial charge in [0.25, 0.3) is 0 Å². The highest BCUT2D eigenvalue weighted by atomic mass is 31.2. The minimum absolute atomic E-state index is 0.571. The van der Waals surface area contributed by atoms with Crippen molar-refractivity contribution in [2.24, 2.45) is 0 Å². The molecule has 0 unspecified atom stereocenters. The molecule has 0 aromatic rings. The summed E-state index contributed by atoms with van der Waals surface area (Å²) in [6.45, 7) is 2.96. The van der Waals surface area contributed by atoms with Crippen LogP contribution in [0.25, 0.3) is 0 Å². The lowest BCUT2D eigenvalue weighted by molar-refractivity contribution is 0.347. The topological polar surface area (TPSA) is 115 Å². The highest BCUT2D eigenvalue weighted by Gasteiger charge is 2.41. The highest BCUT2D eigenvalue weighted by molar-refractivity contribution is 7.71. The number of hydrogen-bond donors (Lipinski definition) is 4. The first-order chi connectivity index (χ1) is 5.19. The van der Waals surface area contributed by atoms with Crippen molar-refractivity contribution < 1.29 is 28.7 Å². The van der Waals surface area contributed by atoms with Crippen molar-refractivity contribution in [3.05, 3.63) is 18.4 Å². The quantitative estimate of drug-likeness (QED) is 0.388. The van der Waals surface area contributed by atoms with Crippen molar-refractivity contribution in [1.29, 1.82) is 0 Å². The second-order valence-corrected chi connectivity index (χ2v) is 5.84. The molecule has 0 aliphatic heterocycles. The van der Waals surface area contributed by atoms with E-state index < -0.39 is 20.6 Å². The molecule has 0 heterocycles. The zero-order valence-corrected chi connectivity index (χ0v) is 7.65. The van der Waals surface area contributed by atoms with Crippen LogP contribution in [0, 0.1) is 0 Å².